The summed E-state index contributed by atoms with van der Waals surface area (Å²) in [6.07, 6.45) is 1.02. The van der Waals surface area contributed by atoms with Crippen LogP contribution in [0.4, 0.5) is 10.8 Å². The number of aromatic nitrogens is 1. The van der Waals surface area contributed by atoms with E-state index in [4.69, 9.17) is 0 Å². The highest BCUT2D eigenvalue weighted by molar-refractivity contribution is 7.17. The Bertz CT molecular complexity index is 1010. The Labute approximate surface area is 163 Å². The van der Waals surface area contributed by atoms with Gasteiger partial charge in [-0.15, -0.1) is 0 Å². The third-order valence-electron chi connectivity index (χ3n) is 4.27. The van der Waals surface area contributed by atoms with Gasteiger partial charge in [0.15, 0.2) is 10.9 Å². The molecule has 146 valence electrons. The van der Waals surface area contributed by atoms with Crippen molar-refractivity contribution in [1.29, 1.82) is 0 Å². The van der Waals surface area contributed by atoms with Crippen LogP contribution in [0.15, 0.2) is 18.2 Å². The number of ether oxygens (including phenoxy) is 1. The number of nitrogens with zero attached hydrogens (tertiary/aromatic N) is 2. The number of hydrogen-bond acceptors (Lipinski definition) is 8. The highest BCUT2D eigenvalue weighted by Crippen LogP contribution is 2.38. The third-order valence-corrected chi connectivity index (χ3v) is 5.32. The fraction of sp³-hybridized carbons (Fsp3) is 0.333. The first-order valence-electron chi connectivity index (χ1n) is 8.32. The summed E-state index contributed by atoms with van der Waals surface area (Å²) in [5, 5.41) is 13.9. The lowest BCUT2D eigenvalue weighted by atomic mass is 9.78. The summed E-state index contributed by atoms with van der Waals surface area (Å²) in [5.74, 6) is -1.49. The highest BCUT2D eigenvalue weighted by atomic mass is 32.1. The molecule has 1 aromatic carbocycles. The second-order valence-corrected chi connectivity index (χ2v) is 8.21. The molecule has 0 saturated heterocycles. The van der Waals surface area contributed by atoms with Crippen molar-refractivity contribution < 1.29 is 24.0 Å². The zero-order valence-electron chi connectivity index (χ0n) is 15.4. The van der Waals surface area contributed by atoms with Crippen molar-refractivity contribution in [1.82, 2.24) is 4.98 Å². The van der Waals surface area contributed by atoms with Crippen LogP contribution >= 0.6 is 11.3 Å². The molecule has 1 amide bonds. The van der Waals surface area contributed by atoms with Crippen molar-refractivity contribution in [2.75, 3.05) is 12.4 Å². The van der Waals surface area contributed by atoms with Gasteiger partial charge in [-0.05, 0) is 17.9 Å². The second-order valence-electron chi connectivity index (χ2n) is 7.21. The van der Waals surface area contributed by atoms with Gasteiger partial charge in [-0.1, -0.05) is 25.2 Å². The van der Waals surface area contributed by atoms with E-state index in [9.17, 15) is 24.5 Å². The number of nitro benzene ring substituents is 1. The topological polar surface area (TPSA) is 129 Å². The second kappa shape index (κ2) is 7.12. The van der Waals surface area contributed by atoms with E-state index in [0.717, 1.165) is 30.6 Å². The number of nitrogens with one attached hydrogen (secondary N) is 1. The number of esters is 1. The van der Waals surface area contributed by atoms with Gasteiger partial charge in [0, 0.05) is 24.1 Å². The summed E-state index contributed by atoms with van der Waals surface area (Å²) in [5.41, 5.74) is -0.180. The molecular weight excluding hydrogens is 386 g/mol. The quantitative estimate of drug-likeness (QED) is 0.471. The summed E-state index contributed by atoms with van der Waals surface area (Å²) in [6.45, 7) is 3.95. The summed E-state index contributed by atoms with van der Waals surface area (Å²) in [4.78, 5) is 51.8. The van der Waals surface area contributed by atoms with Crippen molar-refractivity contribution in [2.24, 2.45) is 5.41 Å². The van der Waals surface area contributed by atoms with Gasteiger partial charge >= 0.3 is 5.97 Å². The molecule has 10 heteroatoms. The molecule has 0 aliphatic heterocycles. The van der Waals surface area contributed by atoms with E-state index in [-0.39, 0.29) is 27.5 Å². The zero-order chi connectivity index (χ0) is 20.6. The molecular formula is C18H17N3O6S. The number of hydrogen-bond donors (Lipinski definition) is 1. The van der Waals surface area contributed by atoms with Crippen molar-refractivity contribution in [2.45, 2.75) is 26.7 Å². The molecule has 1 aliphatic rings. The number of rotatable bonds is 4. The maximum absolute atomic E-state index is 12.6. The van der Waals surface area contributed by atoms with E-state index in [1.54, 1.807) is 0 Å². The lowest BCUT2D eigenvalue weighted by Crippen LogP contribution is -2.26. The number of anilines is 1. The first-order chi connectivity index (χ1) is 13.1. The van der Waals surface area contributed by atoms with Crippen LogP contribution in [0.2, 0.25) is 0 Å². The number of nitro groups is 1. The predicted molar refractivity (Wildman–Crippen MR) is 101 cm³/mol. The molecule has 0 unspecified atom stereocenters. The number of methoxy groups -OCH3 is 1. The number of fused-ring (bicyclic) bond motifs is 1. The summed E-state index contributed by atoms with van der Waals surface area (Å²) in [7, 11) is 1.14. The molecule has 9 nitrogen and oxygen atoms in total. The normalized spacial score (nSPS) is 14.9. The standard InChI is InChI=1S/C18H17N3O6S/c1-18(2)7-12-14(13(22)8-18)28-17(19-12)20-15(23)9-4-10(16(24)27-3)6-11(5-9)21(25)26/h4-6H,7-8H2,1-3H3,(H,19,20,23). The largest absolute Gasteiger partial charge is 0.465 e. The number of thiazole rings is 1. The Morgan fingerprint density at radius 2 is 1.93 bits per heavy atom. The summed E-state index contributed by atoms with van der Waals surface area (Å²) < 4.78 is 4.57. The van der Waals surface area contributed by atoms with Crippen molar-refractivity contribution in [3.05, 3.63) is 50.0 Å². The Morgan fingerprint density at radius 3 is 2.57 bits per heavy atom. The fourth-order valence-electron chi connectivity index (χ4n) is 3.03. The van der Waals surface area contributed by atoms with Crippen LogP contribution < -0.4 is 5.32 Å². The summed E-state index contributed by atoms with van der Waals surface area (Å²) in [6, 6.07) is 3.30. The Morgan fingerprint density at radius 1 is 1.25 bits per heavy atom. The zero-order valence-corrected chi connectivity index (χ0v) is 16.2. The van der Waals surface area contributed by atoms with Crippen molar-refractivity contribution >= 4 is 39.8 Å². The SMILES string of the molecule is COC(=O)c1cc(C(=O)Nc2nc3c(s2)C(=O)CC(C)(C)C3)cc([N+](=O)[O-])c1. The first-order valence-corrected chi connectivity index (χ1v) is 9.13. The molecule has 0 radical (unpaired) electrons. The molecule has 0 bridgehead atoms. The number of non-ortho nitro benzene ring substituents is 1. The van der Waals surface area contributed by atoms with E-state index in [2.05, 4.69) is 15.0 Å². The van der Waals surface area contributed by atoms with Crippen LogP contribution in [0, 0.1) is 15.5 Å². The molecule has 3 rings (SSSR count). The van der Waals surface area contributed by atoms with Crippen LogP contribution in [0.5, 0.6) is 0 Å². The van der Waals surface area contributed by atoms with Crippen LogP contribution in [0.1, 0.15) is 56.3 Å². The smallest absolute Gasteiger partial charge is 0.338 e. The molecule has 2 aromatic rings. The maximum Gasteiger partial charge on any atom is 0.338 e. The predicted octanol–water partition coefficient (Wildman–Crippen LogP) is 3.25. The number of benzene rings is 1. The molecule has 28 heavy (non-hydrogen) atoms. The van der Waals surface area contributed by atoms with Gasteiger partial charge in [0.2, 0.25) is 0 Å². The Hall–Kier alpha value is -3.14. The number of carbonyl (C=O) groups is 3. The van der Waals surface area contributed by atoms with Crippen molar-refractivity contribution in [3.63, 3.8) is 0 Å². The number of carbonyl (C=O) groups excluding carboxylic acids is 3. The minimum absolute atomic E-state index is 0.0208. The van der Waals surface area contributed by atoms with Crippen LogP contribution in [0.3, 0.4) is 0 Å². The molecule has 1 aromatic heterocycles. The molecule has 1 aliphatic carbocycles. The number of ketones is 1. The minimum Gasteiger partial charge on any atom is -0.465 e. The molecule has 0 atom stereocenters. The average molecular weight is 403 g/mol. The van der Waals surface area contributed by atoms with Crippen LogP contribution in [-0.2, 0) is 11.2 Å². The molecule has 1 N–H and O–H groups in total. The fourth-order valence-corrected chi connectivity index (χ4v) is 3.94. The monoisotopic (exact) mass is 403 g/mol. The van der Waals surface area contributed by atoms with E-state index >= 15 is 0 Å². The van der Waals surface area contributed by atoms with Crippen LogP contribution in [-0.4, -0.2) is 34.7 Å². The van der Waals surface area contributed by atoms with Gasteiger partial charge in [-0.2, -0.15) is 0 Å². The van der Waals surface area contributed by atoms with Gasteiger partial charge in [-0.3, -0.25) is 25.0 Å². The van der Waals surface area contributed by atoms with Gasteiger partial charge in [0.05, 0.1) is 28.2 Å². The van der Waals surface area contributed by atoms with E-state index in [1.165, 1.54) is 6.07 Å². The third kappa shape index (κ3) is 3.91. The van der Waals surface area contributed by atoms with Gasteiger partial charge in [-0.25, -0.2) is 9.78 Å². The van der Waals surface area contributed by atoms with Crippen molar-refractivity contribution in [3.8, 4) is 0 Å². The van der Waals surface area contributed by atoms with Gasteiger partial charge in [0.1, 0.15) is 0 Å². The lowest BCUT2D eigenvalue weighted by Gasteiger charge is -2.26. The van der Waals surface area contributed by atoms with Gasteiger partial charge in [0.25, 0.3) is 11.6 Å². The average Bonchev–Trinajstić information content (AvgIpc) is 3.01. The molecule has 1 heterocycles. The summed E-state index contributed by atoms with van der Waals surface area (Å²) >= 11 is 1.07. The molecule has 0 spiro atoms. The minimum atomic E-state index is -0.796. The highest BCUT2D eigenvalue weighted by Gasteiger charge is 2.34. The van der Waals surface area contributed by atoms with E-state index < -0.39 is 22.5 Å². The number of Topliss-reactive ketones (excluding diaryl/α,β-unsaturated/α-hetero) is 1. The molecule has 0 fully saturated rings. The van der Waals surface area contributed by atoms with E-state index in [1.807, 2.05) is 13.8 Å². The lowest BCUT2D eigenvalue weighted by molar-refractivity contribution is -0.384. The first kappa shape index (κ1) is 19.6. The van der Waals surface area contributed by atoms with E-state index in [0.29, 0.717) is 23.4 Å². The van der Waals surface area contributed by atoms with Crippen LogP contribution in [0.25, 0.3) is 0 Å². The van der Waals surface area contributed by atoms with Gasteiger partial charge < -0.3 is 4.74 Å². The Kier molecular flexibility index (Phi) is 4.99. The Balaban J connectivity index is 1.90. The molecule has 0 saturated carbocycles. The maximum atomic E-state index is 12.6. The number of amides is 1.